The van der Waals surface area contributed by atoms with Crippen molar-refractivity contribution in [2.45, 2.75) is 45.6 Å². The average Bonchev–Trinajstić information content (AvgIpc) is 2.81. The van der Waals surface area contributed by atoms with Crippen molar-refractivity contribution in [3.05, 3.63) is 58.0 Å². The number of rotatable bonds is 3. The summed E-state index contributed by atoms with van der Waals surface area (Å²) in [5.74, 6) is -0.980. The van der Waals surface area contributed by atoms with Crippen LogP contribution in [-0.4, -0.2) is 53.8 Å². The van der Waals surface area contributed by atoms with E-state index in [0.29, 0.717) is 41.4 Å². The second-order valence-corrected chi connectivity index (χ2v) is 10.3. The largest absolute Gasteiger partial charge is 0.324 e. The van der Waals surface area contributed by atoms with E-state index in [0.717, 1.165) is 19.5 Å². The number of nitrogens with zero attached hydrogens (tertiary/aromatic N) is 2. The van der Waals surface area contributed by atoms with Crippen molar-refractivity contribution in [1.82, 2.24) is 15.1 Å². The van der Waals surface area contributed by atoms with Gasteiger partial charge in [0.25, 0.3) is 5.91 Å². The fourth-order valence-corrected chi connectivity index (χ4v) is 4.57. The first kappa shape index (κ1) is 22.0. The molecule has 7 heteroatoms. The Morgan fingerprint density at radius 1 is 1.23 bits per heavy atom. The Balaban J connectivity index is 1.56. The first-order valence-electron chi connectivity index (χ1n) is 10.8. The fourth-order valence-electron chi connectivity index (χ4n) is 4.41. The van der Waals surface area contributed by atoms with Gasteiger partial charge in [0.2, 0.25) is 5.91 Å². The summed E-state index contributed by atoms with van der Waals surface area (Å²) in [7, 11) is 0. The second kappa shape index (κ2) is 8.40. The number of benzene rings is 1. The van der Waals surface area contributed by atoms with Crippen LogP contribution in [0.25, 0.3) is 0 Å². The van der Waals surface area contributed by atoms with Gasteiger partial charge in [-0.3, -0.25) is 14.5 Å². The maximum atomic E-state index is 14.5. The van der Waals surface area contributed by atoms with Gasteiger partial charge in [-0.25, -0.2) is 4.39 Å². The predicted molar refractivity (Wildman–Crippen MR) is 119 cm³/mol. The highest BCUT2D eigenvalue weighted by atomic mass is 35.5. The normalized spacial score (nSPS) is 24.6. The van der Waals surface area contributed by atoms with Crippen LogP contribution in [0.15, 0.2) is 41.6 Å². The molecule has 0 saturated carbocycles. The van der Waals surface area contributed by atoms with E-state index < -0.39 is 6.04 Å². The zero-order valence-electron chi connectivity index (χ0n) is 18.3. The molecule has 1 N–H and O–H groups in total. The molecule has 2 atom stereocenters. The van der Waals surface area contributed by atoms with E-state index in [4.69, 9.17) is 11.6 Å². The summed E-state index contributed by atoms with van der Waals surface area (Å²) in [4.78, 5) is 30.3. The topological polar surface area (TPSA) is 52.6 Å². The molecule has 0 bridgehead atoms. The van der Waals surface area contributed by atoms with Crippen LogP contribution in [0.4, 0.5) is 4.39 Å². The van der Waals surface area contributed by atoms with Gasteiger partial charge in [0.15, 0.2) is 0 Å². The predicted octanol–water partition coefficient (Wildman–Crippen LogP) is 3.86. The number of hydrogen-bond donors (Lipinski definition) is 1. The van der Waals surface area contributed by atoms with Crippen molar-refractivity contribution < 1.29 is 14.0 Å². The Kier molecular flexibility index (Phi) is 5.97. The Bertz CT molecular complexity index is 966. The Morgan fingerprint density at radius 3 is 2.71 bits per heavy atom. The van der Waals surface area contributed by atoms with Crippen molar-refractivity contribution >= 4 is 23.4 Å². The van der Waals surface area contributed by atoms with Gasteiger partial charge in [-0.2, -0.15) is 0 Å². The summed E-state index contributed by atoms with van der Waals surface area (Å²) >= 11 is 5.88. The van der Waals surface area contributed by atoms with Crippen LogP contribution in [0.3, 0.4) is 0 Å². The van der Waals surface area contributed by atoms with E-state index in [-0.39, 0.29) is 29.0 Å². The van der Waals surface area contributed by atoms with E-state index in [1.54, 1.807) is 23.1 Å². The van der Waals surface area contributed by atoms with Crippen LogP contribution in [0.2, 0.25) is 5.02 Å². The van der Waals surface area contributed by atoms with Gasteiger partial charge in [0.05, 0.1) is 5.57 Å². The van der Waals surface area contributed by atoms with Crippen LogP contribution in [0.5, 0.6) is 0 Å². The highest BCUT2D eigenvalue weighted by Crippen LogP contribution is 2.34. The molecule has 2 fully saturated rings. The van der Waals surface area contributed by atoms with E-state index in [9.17, 15) is 14.0 Å². The smallest absolute Gasteiger partial charge is 0.256 e. The molecule has 166 valence electrons. The lowest BCUT2D eigenvalue weighted by Crippen LogP contribution is -2.59. The minimum absolute atomic E-state index is 0.153. The summed E-state index contributed by atoms with van der Waals surface area (Å²) < 4.78 is 14.5. The number of piperazine rings is 1. The molecular weight excluding hydrogens is 417 g/mol. The molecule has 0 radical (unpaired) electrons. The minimum Gasteiger partial charge on any atom is -0.324 e. The van der Waals surface area contributed by atoms with Crippen LogP contribution in [0, 0.1) is 11.2 Å². The molecule has 2 unspecified atom stereocenters. The van der Waals surface area contributed by atoms with E-state index in [1.807, 2.05) is 6.08 Å². The molecule has 4 rings (SSSR count). The highest BCUT2D eigenvalue weighted by Gasteiger charge is 2.41. The number of carbonyl (C=O) groups excluding carboxylic acids is 2. The van der Waals surface area contributed by atoms with Crippen LogP contribution >= 0.6 is 11.6 Å². The SMILES string of the molecule is CC(C)(C)CCN1CCN2C(=O)C3=CC(c4ccc(Cl)cc4F)CC=C3NC(=O)C2C1. The van der Waals surface area contributed by atoms with Crippen molar-refractivity contribution in [3.63, 3.8) is 0 Å². The number of fused-ring (bicyclic) bond motifs is 2. The average molecular weight is 446 g/mol. The number of allylic oxidation sites excluding steroid dienone is 2. The lowest BCUT2D eigenvalue weighted by Gasteiger charge is -2.40. The Morgan fingerprint density at radius 2 is 2.00 bits per heavy atom. The molecular formula is C24H29ClFN3O2. The first-order valence-corrected chi connectivity index (χ1v) is 11.2. The maximum Gasteiger partial charge on any atom is 0.256 e. The second-order valence-electron chi connectivity index (χ2n) is 9.82. The quantitative estimate of drug-likeness (QED) is 0.768. The molecule has 1 aliphatic carbocycles. The zero-order valence-corrected chi connectivity index (χ0v) is 19.0. The minimum atomic E-state index is -0.515. The Hall–Kier alpha value is -2.18. The van der Waals surface area contributed by atoms with Crippen molar-refractivity contribution in [2.24, 2.45) is 5.41 Å². The molecule has 0 aromatic heterocycles. The van der Waals surface area contributed by atoms with Gasteiger partial charge in [-0.05, 0) is 42.5 Å². The van der Waals surface area contributed by atoms with E-state index in [2.05, 4.69) is 31.0 Å². The molecule has 31 heavy (non-hydrogen) atoms. The monoisotopic (exact) mass is 445 g/mol. The molecule has 2 heterocycles. The molecule has 0 spiro atoms. The number of hydrogen-bond acceptors (Lipinski definition) is 3. The van der Waals surface area contributed by atoms with E-state index >= 15 is 0 Å². The maximum absolute atomic E-state index is 14.5. The molecule has 1 aromatic carbocycles. The molecule has 2 amide bonds. The fraction of sp³-hybridized carbons (Fsp3) is 0.500. The lowest BCUT2D eigenvalue weighted by atomic mass is 9.87. The third-order valence-electron chi connectivity index (χ3n) is 6.29. The molecule has 3 aliphatic rings. The first-order chi connectivity index (χ1) is 14.6. The summed E-state index contributed by atoms with van der Waals surface area (Å²) in [6, 6.07) is 4.09. The standard InChI is InChI=1S/C24H29ClFN3O2/c1-24(2,3)8-9-28-10-11-29-21(14-28)22(30)27-20-7-4-15(12-18(20)23(29)31)17-6-5-16(25)13-19(17)26/h5-7,12-13,15,21H,4,8-11,14H2,1-3H3,(H,27,30). The van der Waals surface area contributed by atoms with Gasteiger partial charge in [0.1, 0.15) is 11.9 Å². The van der Waals surface area contributed by atoms with Crippen molar-refractivity contribution in [2.75, 3.05) is 26.2 Å². The molecule has 2 aliphatic heterocycles. The van der Waals surface area contributed by atoms with Crippen molar-refractivity contribution in [1.29, 1.82) is 0 Å². The van der Waals surface area contributed by atoms with Gasteiger partial charge < -0.3 is 10.2 Å². The summed E-state index contributed by atoms with van der Waals surface area (Å²) in [5.41, 5.74) is 1.70. The lowest BCUT2D eigenvalue weighted by molar-refractivity contribution is -0.139. The van der Waals surface area contributed by atoms with Gasteiger partial charge in [-0.15, -0.1) is 0 Å². The van der Waals surface area contributed by atoms with Gasteiger partial charge in [-0.1, -0.05) is 50.6 Å². The molecule has 5 nitrogen and oxygen atoms in total. The van der Waals surface area contributed by atoms with Gasteiger partial charge >= 0.3 is 0 Å². The molecule has 1 aromatic rings. The number of halogens is 2. The zero-order chi connectivity index (χ0) is 22.3. The van der Waals surface area contributed by atoms with Crippen molar-refractivity contribution in [3.8, 4) is 0 Å². The van der Waals surface area contributed by atoms with Crippen LogP contribution in [-0.2, 0) is 9.59 Å². The number of amides is 2. The third kappa shape index (κ3) is 4.70. The summed E-state index contributed by atoms with van der Waals surface area (Å²) in [5, 5.41) is 3.29. The van der Waals surface area contributed by atoms with Gasteiger partial charge in [0, 0.05) is 36.3 Å². The summed E-state index contributed by atoms with van der Waals surface area (Å²) in [6.45, 7) is 9.29. The Labute approximate surface area is 187 Å². The number of carbonyl (C=O) groups is 2. The van der Waals surface area contributed by atoms with Crippen LogP contribution in [0.1, 0.15) is 45.1 Å². The van der Waals surface area contributed by atoms with Crippen LogP contribution < -0.4 is 5.32 Å². The molecule has 2 saturated heterocycles. The number of nitrogens with one attached hydrogen (secondary N) is 1. The summed E-state index contributed by atoms with van der Waals surface area (Å²) in [6.07, 6.45) is 5.16. The highest BCUT2D eigenvalue weighted by molar-refractivity contribution is 6.30. The third-order valence-corrected chi connectivity index (χ3v) is 6.53. The van der Waals surface area contributed by atoms with E-state index in [1.165, 1.54) is 6.07 Å².